The average Bonchev–Trinajstić information content (AvgIpc) is 2.85. The number of hydrogen-bond donors (Lipinski definition) is 0. The van der Waals surface area contributed by atoms with Crippen molar-refractivity contribution in [3.05, 3.63) is 18.2 Å². The number of rotatable bonds is 4. The molecule has 0 aliphatic heterocycles. The minimum absolute atomic E-state index is 0.0448. The van der Waals surface area contributed by atoms with Gasteiger partial charge in [0, 0.05) is 26.0 Å². The van der Waals surface area contributed by atoms with Gasteiger partial charge in [0.25, 0.3) is 0 Å². The molecule has 2 atom stereocenters. The molecule has 0 saturated heterocycles. The summed E-state index contributed by atoms with van der Waals surface area (Å²) in [6.45, 7) is 4.96. The van der Waals surface area contributed by atoms with Crippen LogP contribution < -0.4 is 0 Å². The second-order valence-corrected chi connectivity index (χ2v) is 5.27. The third-order valence-corrected chi connectivity index (χ3v) is 4.02. The molecular formula is C14H22N2O2. The van der Waals surface area contributed by atoms with E-state index in [-0.39, 0.29) is 5.78 Å². The van der Waals surface area contributed by atoms with Crippen molar-refractivity contribution in [3.8, 4) is 0 Å². The molecule has 1 fully saturated rings. The van der Waals surface area contributed by atoms with Crippen LogP contribution in [0, 0.1) is 5.92 Å². The summed E-state index contributed by atoms with van der Waals surface area (Å²) in [6.07, 6.45) is 7.38. The van der Waals surface area contributed by atoms with E-state index in [1.54, 1.807) is 13.3 Å². The van der Waals surface area contributed by atoms with E-state index in [2.05, 4.69) is 11.9 Å². The van der Waals surface area contributed by atoms with Gasteiger partial charge in [0.1, 0.15) is 5.60 Å². The molecule has 4 heteroatoms. The van der Waals surface area contributed by atoms with Crippen LogP contribution in [0.15, 0.2) is 12.4 Å². The van der Waals surface area contributed by atoms with E-state index >= 15 is 0 Å². The van der Waals surface area contributed by atoms with E-state index in [4.69, 9.17) is 4.74 Å². The van der Waals surface area contributed by atoms with Crippen molar-refractivity contribution in [1.29, 1.82) is 0 Å². The maximum absolute atomic E-state index is 12.7. The van der Waals surface area contributed by atoms with Gasteiger partial charge in [-0.1, -0.05) is 13.3 Å². The number of imidazole rings is 1. The fraction of sp³-hybridized carbons (Fsp3) is 0.714. The zero-order chi connectivity index (χ0) is 13.2. The third-order valence-electron chi connectivity index (χ3n) is 4.02. The van der Waals surface area contributed by atoms with Gasteiger partial charge in [0.05, 0.1) is 0 Å². The predicted octanol–water partition coefficient (Wildman–Crippen LogP) is 2.68. The molecule has 4 nitrogen and oxygen atoms in total. The van der Waals surface area contributed by atoms with Crippen molar-refractivity contribution >= 4 is 5.78 Å². The lowest BCUT2D eigenvalue weighted by molar-refractivity contribution is -0.0312. The standard InChI is InChI=1S/C14H22N2O2/c1-4-16-9-8-15-13(16)12(17)14(18-3)7-5-6-11(2)10-14/h8-9,11H,4-7,10H2,1-3H3. The number of ketones is 1. The van der Waals surface area contributed by atoms with Crippen molar-refractivity contribution in [2.24, 2.45) is 5.92 Å². The molecule has 1 aromatic heterocycles. The van der Waals surface area contributed by atoms with E-state index in [0.717, 1.165) is 25.8 Å². The summed E-state index contributed by atoms with van der Waals surface area (Å²) in [7, 11) is 1.65. The van der Waals surface area contributed by atoms with Gasteiger partial charge < -0.3 is 9.30 Å². The Balaban J connectivity index is 2.30. The number of hydrogen-bond acceptors (Lipinski definition) is 3. The molecule has 1 aliphatic carbocycles. The van der Waals surface area contributed by atoms with E-state index in [1.807, 2.05) is 17.7 Å². The zero-order valence-corrected chi connectivity index (χ0v) is 11.5. The van der Waals surface area contributed by atoms with Gasteiger partial charge in [-0.25, -0.2) is 4.98 Å². The maximum Gasteiger partial charge on any atom is 0.229 e. The minimum Gasteiger partial charge on any atom is -0.370 e. The van der Waals surface area contributed by atoms with Crippen LogP contribution >= 0.6 is 0 Å². The highest BCUT2D eigenvalue weighted by Gasteiger charge is 2.43. The summed E-state index contributed by atoms with van der Waals surface area (Å²) in [4.78, 5) is 16.9. The largest absolute Gasteiger partial charge is 0.370 e. The van der Waals surface area contributed by atoms with Crippen molar-refractivity contribution < 1.29 is 9.53 Å². The van der Waals surface area contributed by atoms with E-state index in [0.29, 0.717) is 11.7 Å². The van der Waals surface area contributed by atoms with Crippen LogP contribution in [0.25, 0.3) is 0 Å². The predicted molar refractivity (Wildman–Crippen MR) is 69.6 cm³/mol. The van der Waals surface area contributed by atoms with Crippen molar-refractivity contribution in [1.82, 2.24) is 9.55 Å². The van der Waals surface area contributed by atoms with Crippen LogP contribution in [0.5, 0.6) is 0 Å². The minimum atomic E-state index is -0.657. The lowest BCUT2D eigenvalue weighted by Gasteiger charge is -2.37. The molecule has 1 saturated carbocycles. The fourth-order valence-electron chi connectivity index (χ4n) is 2.96. The molecule has 2 unspecified atom stereocenters. The van der Waals surface area contributed by atoms with Crippen molar-refractivity contribution in [2.45, 2.75) is 51.7 Å². The van der Waals surface area contributed by atoms with Crippen molar-refractivity contribution in [2.75, 3.05) is 7.11 Å². The Bertz CT molecular complexity index is 427. The molecule has 0 radical (unpaired) electrons. The summed E-state index contributed by atoms with van der Waals surface area (Å²) < 4.78 is 7.52. The van der Waals surface area contributed by atoms with E-state index < -0.39 is 5.60 Å². The zero-order valence-electron chi connectivity index (χ0n) is 11.5. The molecular weight excluding hydrogens is 228 g/mol. The van der Waals surface area contributed by atoms with E-state index in [9.17, 15) is 4.79 Å². The molecule has 0 spiro atoms. The first-order chi connectivity index (χ1) is 8.63. The Morgan fingerprint density at radius 2 is 2.44 bits per heavy atom. The Morgan fingerprint density at radius 3 is 3.06 bits per heavy atom. The first-order valence-electron chi connectivity index (χ1n) is 6.74. The Morgan fingerprint density at radius 1 is 1.67 bits per heavy atom. The molecule has 0 aromatic carbocycles. The summed E-state index contributed by atoms with van der Waals surface area (Å²) >= 11 is 0. The van der Waals surface area contributed by atoms with Gasteiger partial charge in [-0.2, -0.15) is 0 Å². The number of methoxy groups -OCH3 is 1. The number of nitrogens with zero attached hydrogens (tertiary/aromatic N) is 2. The van der Waals surface area contributed by atoms with Crippen LogP contribution in [0.3, 0.4) is 0 Å². The first kappa shape index (κ1) is 13.3. The van der Waals surface area contributed by atoms with Gasteiger partial charge in [0.15, 0.2) is 5.82 Å². The Kier molecular flexibility index (Phi) is 3.85. The number of Topliss-reactive ketones (excluding diaryl/α,β-unsaturated/α-hetero) is 1. The highest BCUT2D eigenvalue weighted by atomic mass is 16.5. The smallest absolute Gasteiger partial charge is 0.229 e. The fourth-order valence-corrected chi connectivity index (χ4v) is 2.96. The summed E-state index contributed by atoms with van der Waals surface area (Å²) in [5.41, 5.74) is -0.657. The van der Waals surface area contributed by atoms with Crippen LogP contribution in [0.4, 0.5) is 0 Å². The molecule has 0 amide bonds. The third kappa shape index (κ3) is 2.21. The molecule has 1 aliphatic rings. The lowest BCUT2D eigenvalue weighted by Crippen LogP contribution is -2.45. The second kappa shape index (κ2) is 5.22. The average molecular weight is 250 g/mol. The summed E-state index contributed by atoms with van der Waals surface area (Å²) in [5.74, 6) is 1.12. The van der Waals surface area contributed by atoms with Crippen LogP contribution in [0.2, 0.25) is 0 Å². The van der Waals surface area contributed by atoms with Gasteiger partial charge >= 0.3 is 0 Å². The summed E-state index contributed by atoms with van der Waals surface area (Å²) in [5, 5.41) is 0. The van der Waals surface area contributed by atoms with Crippen LogP contribution in [0.1, 0.15) is 50.1 Å². The van der Waals surface area contributed by atoms with Gasteiger partial charge in [0.2, 0.25) is 5.78 Å². The molecule has 2 rings (SSSR count). The molecule has 100 valence electrons. The highest BCUT2D eigenvalue weighted by molar-refractivity contribution is 5.99. The van der Waals surface area contributed by atoms with Crippen molar-refractivity contribution in [3.63, 3.8) is 0 Å². The van der Waals surface area contributed by atoms with Crippen LogP contribution in [-0.4, -0.2) is 28.0 Å². The quantitative estimate of drug-likeness (QED) is 0.772. The molecule has 1 heterocycles. The van der Waals surface area contributed by atoms with Gasteiger partial charge in [-0.15, -0.1) is 0 Å². The Hall–Kier alpha value is -1.16. The van der Waals surface area contributed by atoms with Gasteiger partial charge in [-0.3, -0.25) is 4.79 Å². The van der Waals surface area contributed by atoms with Crippen LogP contribution in [-0.2, 0) is 11.3 Å². The number of aryl methyl sites for hydroxylation is 1. The molecule has 0 N–H and O–H groups in total. The second-order valence-electron chi connectivity index (χ2n) is 5.27. The number of aromatic nitrogens is 2. The topological polar surface area (TPSA) is 44.1 Å². The lowest BCUT2D eigenvalue weighted by atomic mass is 9.76. The Labute approximate surface area is 108 Å². The molecule has 0 bridgehead atoms. The summed E-state index contributed by atoms with van der Waals surface area (Å²) in [6, 6.07) is 0. The monoisotopic (exact) mass is 250 g/mol. The van der Waals surface area contributed by atoms with Gasteiger partial charge in [-0.05, 0) is 32.1 Å². The number of carbonyl (C=O) groups excluding carboxylic acids is 1. The molecule has 1 aromatic rings. The highest BCUT2D eigenvalue weighted by Crippen LogP contribution is 2.36. The molecule has 18 heavy (non-hydrogen) atoms. The number of ether oxygens (including phenoxy) is 1. The van der Waals surface area contributed by atoms with E-state index in [1.165, 1.54) is 6.42 Å². The normalized spacial score (nSPS) is 28.3. The number of carbonyl (C=O) groups is 1. The SMILES string of the molecule is CCn1ccnc1C(=O)C1(OC)CCCC(C)C1. The maximum atomic E-state index is 12.7. The first-order valence-corrected chi connectivity index (χ1v) is 6.74.